The van der Waals surface area contributed by atoms with Gasteiger partial charge in [0.25, 0.3) is 0 Å². The highest BCUT2D eigenvalue weighted by atomic mass is 32.2. The molecule has 1 aromatic rings. The van der Waals surface area contributed by atoms with Gasteiger partial charge in [-0.25, -0.2) is 0 Å². The predicted octanol–water partition coefficient (Wildman–Crippen LogP) is 3.88. The Morgan fingerprint density at radius 3 is 2.73 bits per heavy atom. The minimum atomic E-state index is -4.27. The number of nitrogens with one attached hydrogen (secondary N) is 1. The summed E-state index contributed by atoms with van der Waals surface area (Å²) in [5.41, 5.74) is 2.44. The van der Waals surface area contributed by atoms with E-state index in [1.54, 1.807) is 6.07 Å². The Kier molecular flexibility index (Phi) is 3.87. The van der Waals surface area contributed by atoms with Crippen LogP contribution in [0.3, 0.4) is 0 Å². The van der Waals surface area contributed by atoms with Crippen molar-refractivity contribution in [2.45, 2.75) is 51.4 Å². The molecular weight excluding hydrogens is 350 g/mol. The summed E-state index contributed by atoms with van der Waals surface area (Å²) in [4.78, 5) is 12.6. The SMILES string of the molecule is C=C[C@@]12CCc3cc(NS(=O)(=O)O)ccc3C1CC[C@]1(C)C(=O)CCC21. The Labute approximate surface area is 154 Å². The predicted molar refractivity (Wildman–Crippen MR) is 100 cm³/mol. The standard InChI is InChI=1S/C20H25NO4S/c1-3-20-11-8-13-12-14(21-26(23,24)25)4-5-15(13)16(20)9-10-19(2)17(20)6-7-18(19)22/h3-5,12,16-17,21H,1,6-11H2,2H3,(H,23,24,25)/t16?,17?,19-,20+/m0/s1. The second-order valence-electron chi connectivity index (χ2n) is 8.33. The average molecular weight is 375 g/mol. The van der Waals surface area contributed by atoms with E-state index in [2.05, 4.69) is 24.3 Å². The van der Waals surface area contributed by atoms with Crippen molar-refractivity contribution in [1.82, 2.24) is 0 Å². The molecule has 0 aromatic heterocycles. The van der Waals surface area contributed by atoms with Gasteiger partial charge in [-0.05, 0) is 72.6 Å². The van der Waals surface area contributed by atoms with Gasteiger partial charge in [0.05, 0.1) is 5.69 Å². The van der Waals surface area contributed by atoms with E-state index in [1.807, 2.05) is 12.1 Å². The number of carbonyl (C=O) groups excluding carboxylic acids is 1. The fourth-order valence-corrected chi connectivity index (χ4v) is 6.54. The van der Waals surface area contributed by atoms with Gasteiger partial charge in [-0.1, -0.05) is 19.1 Å². The first-order valence-corrected chi connectivity index (χ1v) is 10.7. The van der Waals surface area contributed by atoms with E-state index in [-0.39, 0.29) is 10.8 Å². The molecule has 0 radical (unpaired) electrons. The number of rotatable bonds is 3. The van der Waals surface area contributed by atoms with Gasteiger partial charge < -0.3 is 0 Å². The van der Waals surface area contributed by atoms with Gasteiger partial charge in [0.2, 0.25) is 0 Å². The van der Waals surface area contributed by atoms with Gasteiger partial charge in [-0.2, -0.15) is 8.42 Å². The highest BCUT2D eigenvalue weighted by molar-refractivity contribution is 7.87. The van der Waals surface area contributed by atoms with Crippen molar-refractivity contribution in [3.05, 3.63) is 42.0 Å². The van der Waals surface area contributed by atoms with Crippen molar-refractivity contribution in [2.24, 2.45) is 16.7 Å². The molecule has 0 aliphatic heterocycles. The first kappa shape index (κ1) is 17.7. The molecule has 140 valence electrons. The van der Waals surface area contributed by atoms with Crippen LogP contribution >= 0.6 is 0 Å². The van der Waals surface area contributed by atoms with Crippen LogP contribution in [0, 0.1) is 16.7 Å². The lowest BCUT2D eigenvalue weighted by molar-refractivity contribution is -0.131. The second kappa shape index (κ2) is 5.67. The van der Waals surface area contributed by atoms with Crippen LogP contribution < -0.4 is 4.72 Å². The molecule has 0 bridgehead atoms. The fourth-order valence-electron chi connectivity index (χ4n) is 6.11. The Morgan fingerprint density at radius 2 is 2.04 bits per heavy atom. The maximum atomic E-state index is 12.6. The molecule has 2 unspecified atom stereocenters. The number of allylic oxidation sites excluding steroid dienone is 1. The normalized spacial score (nSPS) is 36.0. The molecule has 2 fully saturated rings. The minimum absolute atomic E-state index is 0.0653. The van der Waals surface area contributed by atoms with Crippen LogP contribution in [0.4, 0.5) is 5.69 Å². The summed E-state index contributed by atoms with van der Waals surface area (Å²) in [6, 6.07) is 5.51. The average Bonchev–Trinajstić information content (AvgIpc) is 2.88. The third-order valence-corrected chi connectivity index (χ3v) is 7.78. The Hall–Kier alpha value is -1.66. The van der Waals surface area contributed by atoms with Crippen molar-refractivity contribution >= 4 is 21.8 Å². The fraction of sp³-hybridized carbons (Fsp3) is 0.550. The molecule has 2 N–H and O–H groups in total. The third-order valence-electron chi connectivity index (χ3n) is 7.29. The van der Waals surface area contributed by atoms with E-state index in [4.69, 9.17) is 4.55 Å². The van der Waals surface area contributed by atoms with Crippen LogP contribution in [-0.4, -0.2) is 18.8 Å². The number of Topliss-reactive ketones (excluding diaryl/α,β-unsaturated/α-hetero) is 1. The molecule has 1 aromatic carbocycles. The summed E-state index contributed by atoms with van der Waals surface area (Å²) in [7, 11) is -4.27. The number of hydrogen-bond donors (Lipinski definition) is 2. The van der Waals surface area contributed by atoms with Crippen molar-refractivity contribution < 1.29 is 17.8 Å². The van der Waals surface area contributed by atoms with E-state index in [0.717, 1.165) is 37.7 Å². The monoisotopic (exact) mass is 375 g/mol. The zero-order valence-electron chi connectivity index (χ0n) is 15.0. The zero-order valence-corrected chi connectivity index (χ0v) is 15.8. The van der Waals surface area contributed by atoms with Crippen LogP contribution in [0.15, 0.2) is 30.9 Å². The lowest BCUT2D eigenvalue weighted by Gasteiger charge is -2.56. The summed E-state index contributed by atoms with van der Waals surface area (Å²) in [5, 5.41) is 0. The van der Waals surface area contributed by atoms with Crippen LogP contribution in [0.2, 0.25) is 0 Å². The molecule has 3 aliphatic rings. The molecule has 0 amide bonds. The lowest BCUT2D eigenvalue weighted by Crippen LogP contribution is -2.49. The quantitative estimate of drug-likeness (QED) is 0.620. The highest BCUT2D eigenvalue weighted by Gasteiger charge is 2.60. The second-order valence-corrected chi connectivity index (χ2v) is 9.48. The number of hydrogen-bond acceptors (Lipinski definition) is 3. The van der Waals surface area contributed by atoms with E-state index < -0.39 is 10.3 Å². The Bertz CT molecular complexity index is 893. The molecule has 2 saturated carbocycles. The molecule has 4 rings (SSSR count). The largest absolute Gasteiger partial charge is 0.357 e. The molecule has 26 heavy (non-hydrogen) atoms. The van der Waals surface area contributed by atoms with Crippen LogP contribution in [0.5, 0.6) is 0 Å². The van der Waals surface area contributed by atoms with Gasteiger partial charge in [-0.3, -0.25) is 14.1 Å². The maximum Gasteiger partial charge on any atom is 0.357 e. The van der Waals surface area contributed by atoms with E-state index in [1.165, 1.54) is 5.56 Å². The molecule has 3 aliphatic carbocycles. The smallest absolute Gasteiger partial charge is 0.299 e. The molecule has 0 heterocycles. The summed E-state index contributed by atoms with van der Waals surface area (Å²) in [6.45, 7) is 6.32. The molecular formula is C20H25NO4S. The molecule has 0 spiro atoms. The first-order valence-electron chi connectivity index (χ1n) is 9.24. The van der Waals surface area contributed by atoms with E-state index in [0.29, 0.717) is 29.7 Å². The number of carbonyl (C=O) groups is 1. The topological polar surface area (TPSA) is 83.5 Å². The lowest BCUT2D eigenvalue weighted by atomic mass is 9.47. The number of ketones is 1. The van der Waals surface area contributed by atoms with Crippen molar-refractivity contribution in [3.63, 3.8) is 0 Å². The minimum Gasteiger partial charge on any atom is -0.299 e. The Morgan fingerprint density at radius 1 is 1.27 bits per heavy atom. The van der Waals surface area contributed by atoms with Gasteiger partial charge in [-0.15, -0.1) is 6.58 Å². The van der Waals surface area contributed by atoms with Gasteiger partial charge in [0, 0.05) is 11.8 Å². The summed E-state index contributed by atoms with van der Waals surface area (Å²) in [6.07, 6.45) is 7.31. The van der Waals surface area contributed by atoms with Crippen molar-refractivity contribution in [2.75, 3.05) is 4.72 Å². The van der Waals surface area contributed by atoms with Crippen LogP contribution in [0.1, 0.15) is 56.1 Å². The Balaban J connectivity index is 1.75. The molecule has 5 nitrogen and oxygen atoms in total. The third kappa shape index (κ3) is 2.46. The highest BCUT2D eigenvalue weighted by Crippen LogP contribution is 2.66. The summed E-state index contributed by atoms with van der Waals surface area (Å²) >= 11 is 0. The summed E-state index contributed by atoms with van der Waals surface area (Å²) in [5.74, 6) is 1.05. The molecule has 4 atom stereocenters. The molecule has 0 saturated heterocycles. The van der Waals surface area contributed by atoms with E-state index in [9.17, 15) is 13.2 Å². The number of benzene rings is 1. The van der Waals surface area contributed by atoms with Crippen molar-refractivity contribution in [3.8, 4) is 0 Å². The van der Waals surface area contributed by atoms with E-state index >= 15 is 0 Å². The maximum absolute atomic E-state index is 12.6. The number of aryl methyl sites for hydroxylation is 1. The van der Waals surface area contributed by atoms with Gasteiger partial charge in [0.15, 0.2) is 0 Å². The van der Waals surface area contributed by atoms with Gasteiger partial charge >= 0.3 is 10.3 Å². The van der Waals surface area contributed by atoms with Crippen LogP contribution in [0.25, 0.3) is 0 Å². The first-order chi connectivity index (χ1) is 12.2. The number of anilines is 1. The zero-order chi connectivity index (χ0) is 18.7. The molecule has 6 heteroatoms. The van der Waals surface area contributed by atoms with Crippen molar-refractivity contribution in [1.29, 1.82) is 0 Å². The number of fused-ring (bicyclic) bond motifs is 5. The summed E-state index contributed by atoms with van der Waals surface area (Å²) < 4.78 is 33.3. The van der Waals surface area contributed by atoms with Crippen LogP contribution in [-0.2, 0) is 21.5 Å². The van der Waals surface area contributed by atoms with Gasteiger partial charge in [0.1, 0.15) is 5.78 Å².